The van der Waals surface area contributed by atoms with Gasteiger partial charge in [0.15, 0.2) is 0 Å². The van der Waals surface area contributed by atoms with Crippen molar-refractivity contribution in [2.45, 2.75) is 75.5 Å². The Hall–Kier alpha value is -2.24. The van der Waals surface area contributed by atoms with E-state index in [-0.39, 0.29) is 24.0 Å². The first kappa shape index (κ1) is 21.0. The van der Waals surface area contributed by atoms with Gasteiger partial charge in [-0.25, -0.2) is 0 Å². The molecule has 5 nitrogen and oxygen atoms in total. The fourth-order valence-corrected chi connectivity index (χ4v) is 4.76. The largest absolute Gasteiger partial charge is 0.395 e. The monoisotopic (exact) mass is 408 g/mol. The standard InChI is InChI=1S/C25H32N2O3/c1-24(2,30)19-8-6-18(7-9-19)23(29)27(20-10-11-20)21-12-14-25(17-28,15-13-21)22-5-3-4-16-26-22/h3-9,16,20-21,28,30H,10-15,17H2,1-2H3/t21-,25-. The number of hydrogen-bond donors (Lipinski definition) is 2. The average Bonchev–Trinajstić information content (AvgIpc) is 3.60. The molecule has 2 aliphatic rings. The topological polar surface area (TPSA) is 73.7 Å². The molecule has 0 bridgehead atoms. The first-order valence-corrected chi connectivity index (χ1v) is 11.0. The van der Waals surface area contributed by atoms with Gasteiger partial charge in [0.2, 0.25) is 0 Å². The van der Waals surface area contributed by atoms with Crippen molar-refractivity contribution in [1.29, 1.82) is 0 Å². The van der Waals surface area contributed by atoms with E-state index < -0.39 is 5.60 Å². The van der Waals surface area contributed by atoms with E-state index in [0.29, 0.717) is 11.6 Å². The molecule has 2 aliphatic carbocycles. The molecule has 0 spiro atoms. The van der Waals surface area contributed by atoms with Crippen LogP contribution in [0.4, 0.5) is 0 Å². The zero-order valence-corrected chi connectivity index (χ0v) is 17.9. The maximum Gasteiger partial charge on any atom is 0.254 e. The number of rotatable bonds is 6. The molecule has 2 aromatic rings. The highest BCUT2D eigenvalue weighted by atomic mass is 16.3. The molecule has 4 rings (SSSR count). The summed E-state index contributed by atoms with van der Waals surface area (Å²) in [5.41, 5.74) is 1.22. The lowest BCUT2D eigenvalue weighted by Crippen LogP contribution is -2.47. The van der Waals surface area contributed by atoms with Crippen molar-refractivity contribution in [3.8, 4) is 0 Å². The summed E-state index contributed by atoms with van der Waals surface area (Å²) in [6.45, 7) is 3.58. The van der Waals surface area contributed by atoms with Gasteiger partial charge in [-0.05, 0) is 82.2 Å². The van der Waals surface area contributed by atoms with Gasteiger partial charge < -0.3 is 15.1 Å². The van der Waals surface area contributed by atoms with Gasteiger partial charge >= 0.3 is 0 Å². The van der Waals surface area contributed by atoms with Crippen molar-refractivity contribution in [2.75, 3.05) is 6.61 Å². The molecule has 160 valence electrons. The van der Waals surface area contributed by atoms with Gasteiger partial charge in [-0.2, -0.15) is 0 Å². The number of pyridine rings is 1. The van der Waals surface area contributed by atoms with Crippen molar-refractivity contribution < 1.29 is 15.0 Å². The molecule has 2 saturated carbocycles. The predicted octanol–water partition coefficient (Wildman–Crippen LogP) is 3.79. The molecule has 1 aromatic heterocycles. The quantitative estimate of drug-likeness (QED) is 0.763. The average molecular weight is 409 g/mol. The number of nitrogens with zero attached hydrogens (tertiary/aromatic N) is 2. The van der Waals surface area contributed by atoms with Crippen LogP contribution >= 0.6 is 0 Å². The number of amides is 1. The zero-order chi connectivity index (χ0) is 21.4. The minimum absolute atomic E-state index is 0.0825. The van der Waals surface area contributed by atoms with E-state index >= 15 is 0 Å². The number of aliphatic hydroxyl groups is 2. The van der Waals surface area contributed by atoms with E-state index in [2.05, 4.69) is 9.88 Å². The molecule has 0 radical (unpaired) electrons. The van der Waals surface area contributed by atoms with Crippen molar-refractivity contribution in [3.05, 3.63) is 65.5 Å². The fraction of sp³-hybridized carbons (Fsp3) is 0.520. The molecule has 5 heteroatoms. The maximum atomic E-state index is 13.4. The highest BCUT2D eigenvalue weighted by molar-refractivity contribution is 5.95. The Morgan fingerprint density at radius 1 is 1.07 bits per heavy atom. The van der Waals surface area contributed by atoms with Crippen LogP contribution in [0, 0.1) is 0 Å². The molecule has 1 amide bonds. The van der Waals surface area contributed by atoms with E-state index in [1.807, 2.05) is 42.5 Å². The van der Waals surface area contributed by atoms with Gasteiger partial charge in [-0.1, -0.05) is 18.2 Å². The number of hydrogen-bond acceptors (Lipinski definition) is 4. The van der Waals surface area contributed by atoms with Crippen molar-refractivity contribution >= 4 is 5.91 Å². The van der Waals surface area contributed by atoms with Crippen LogP contribution in [0.2, 0.25) is 0 Å². The normalized spacial score (nSPS) is 24.5. The summed E-state index contributed by atoms with van der Waals surface area (Å²) >= 11 is 0. The molecule has 0 saturated heterocycles. The Labute approximate surface area is 178 Å². The lowest BCUT2D eigenvalue weighted by molar-refractivity contribution is 0.0513. The van der Waals surface area contributed by atoms with Crippen LogP contribution in [0.3, 0.4) is 0 Å². The van der Waals surface area contributed by atoms with Crippen molar-refractivity contribution in [2.24, 2.45) is 0 Å². The van der Waals surface area contributed by atoms with Crippen LogP contribution in [-0.4, -0.2) is 44.7 Å². The van der Waals surface area contributed by atoms with Crippen LogP contribution in [0.5, 0.6) is 0 Å². The summed E-state index contributed by atoms with van der Waals surface area (Å²) in [5, 5.41) is 20.4. The first-order chi connectivity index (χ1) is 14.3. The second kappa shape index (κ2) is 8.12. The van der Waals surface area contributed by atoms with Crippen molar-refractivity contribution in [3.63, 3.8) is 0 Å². The molecule has 0 atom stereocenters. The fourth-order valence-electron chi connectivity index (χ4n) is 4.76. The molecule has 30 heavy (non-hydrogen) atoms. The van der Waals surface area contributed by atoms with Crippen LogP contribution in [0.15, 0.2) is 48.7 Å². The number of carbonyl (C=O) groups excluding carboxylic acids is 1. The Morgan fingerprint density at radius 2 is 1.70 bits per heavy atom. The molecule has 2 fully saturated rings. The van der Waals surface area contributed by atoms with Gasteiger partial charge in [0.05, 0.1) is 12.2 Å². The third kappa shape index (κ3) is 4.14. The number of aliphatic hydroxyl groups excluding tert-OH is 1. The smallest absolute Gasteiger partial charge is 0.254 e. The second-order valence-electron chi connectivity index (χ2n) is 9.46. The highest BCUT2D eigenvalue weighted by Crippen LogP contribution is 2.42. The number of carbonyl (C=O) groups is 1. The second-order valence-corrected chi connectivity index (χ2v) is 9.46. The maximum absolute atomic E-state index is 13.4. The van der Waals surface area contributed by atoms with Crippen molar-refractivity contribution in [1.82, 2.24) is 9.88 Å². The lowest BCUT2D eigenvalue weighted by atomic mass is 9.70. The Kier molecular flexibility index (Phi) is 5.69. The molecule has 2 N–H and O–H groups in total. The highest BCUT2D eigenvalue weighted by Gasteiger charge is 2.43. The SMILES string of the molecule is CC(C)(O)c1ccc(C(=O)N(C2CC2)[C@H]2CC[C@](CO)(c3ccccn3)CC2)cc1. The summed E-state index contributed by atoms with van der Waals surface area (Å²) in [4.78, 5) is 20.0. The van der Waals surface area contributed by atoms with E-state index in [1.54, 1.807) is 20.0 Å². The van der Waals surface area contributed by atoms with Gasteiger partial charge in [-0.3, -0.25) is 9.78 Å². The number of benzene rings is 1. The Balaban J connectivity index is 1.50. The summed E-state index contributed by atoms with van der Waals surface area (Å²) in [5.74, 6) is 0.0825. The summed E-state index contributed by atoms with van der Waals surface area (Å²) in [6, 6.07) is 13.8. The molecule has 1 heterocycles. The van der Waals surface area contributed by atoms with Gasteiger partial charge in [0.25, 0.3) is 5.91 Å². The Bertz CT molecular complexity index is 862. The Morgan fingerprint density at radius 3 is 2.20 bits per heavy atom. The van der Waals surface area contributed by atoms with Gasteiger partial charge in [-0.15, -0.1) is 0 Å². The molecular weight excluding hydrogens is 376 g/mol. The third-order valence-electron chi connectivity index (χ3n) is 6.83. The van der Waals surface area contributed by atoms with Crippen LogP contribution in [-0.2, 0) is 11.0 Å². The molecule has 1 aromatic carbocycles. The third-order valence-corrected chi connectivity index (χ3v) is 6.83. The zero-order valence-electron chi connectivity index (χ0n) is 17.9. The molecule has 0 aliphatic heterocycles. The first-order valence-electron chi connectivity index (χ1n) is 11.0. The minimum Gasteiger partial charge on any atom is -0.395 e. The van der Waals surface area contributed by atoms with E-state index in [9.17, 15) is 15.0 Å². The molecule has 0 unspecified atom stereocenters. The number of aromatic nitrogens is 1. The lowest BCUT2D eigenvalue weighted by Gasteiger charge is -2.42. The summed E-state index contributed by atoms with van der Waals surface area (Å²) in [6.07, 6.45) is 7.34. The van der Waals surface area contributed by atoms with E-state index in [1.165, 1.54) is 0 Å². The van der Waals surface area contributed by atoms with Gasteiger partial charge in [0, 0.05) is 35.0 Å². The summed E-state index contributed by atoms with van der Waals surface area (Å²) < 4.78 is 0. The molecular formula is C25H32N2O3. The van der Waals surface area contributed by atoms with Crippen LogP contribution in [0.25, 0.3) is 0 Å². The minimum atomic E-state index is -0.916. The van der Waals surface area contributed by atoms with E-state index in [0.717, 1.165) is 49.8 Å². The summed E-state index contributed by atoms with van der Waals surface area (Å²) in [7, 11) is 0. The van der Waals surface area contributed by atoms with Crippen LogP contribution in [0.1, 0.15) is 74.0 Å². The van der Waals surface area contributed by atoms with E-state index in [4.69, 9.17) is 0 Å². The van der Waals surface area contributed by atoms with Crippen LogP contribution < -0.4 is 0 Å². The predicted molar refractivity (Wildman–Crippen MR) is 116 cm³/mol. The van der Waals surface area contributed by atoms with Gasteiger partial charge in [0.1, 0.15) is 0 Å².